The number of hydrogen-bond donors (Lipinski definition) is 2. The summed E-state index contributed by atoms with van der Waals surface area (Å²) in [6, 6.07) is 0. The summed E-state index contributed by atoms with van der Waals surface area (Å²) < 4.78 is 0.806. The van der Waals surface area contributed by atoms with Gasteiger partial charge in [-0.3, -0.25) is 4.79 Å². The van der Waals surface area contributed by atoms with E-state index in [9.17, 15) is 4.79 Å². The zero-order valence-electron chi connectivity index (χ0n) is 20.3. The number of rotatable bonds is 21. The number of likely N-dealkylation sites (N-methyl/N-ethyl adjacent to an activating group) is 1. The summed E-state index contributed by atoms with van der Waals surface area (Å²) in [7, 11) is 4.23. The Morgan fingerprint density at radius 2 is 1.33 bits per heavy atom. The van der Waals surface area contributed by atoms with Crippen LogP contribution in [0.4, 0.5) is 0 Å². The largest absolute Gasteiger partial charge is 1.00 e. The topological polar surface area (TPSA) is 49.3 Å². The van der Waals surface area contributed by atoms with E-state index in [4.69, 9.17) is 5.11 Å². The third-order valence-electron chi connectivity index (χ3n) is 5.63. The van der Waals surface area contributed by atoms with Gasteiger partial charge in [-0.05, 0) is 32.1 Å². The highest BCUT2D eigenvalue weighted by molar-refractivity contribution is 5.75. The molecule has 0 fully saturated rings. The van der Waals surface area contributed by atoms with Gasteiger partial charge in [-0.1, -0.05) is 70.4 Å². The fraction of sp³-hybridized carbons (Fsp3) is 0.880. The maximum atomic E-state index is 11.9. The molecule has 0 radical (unpaired) electrons. The Bertz CT molecular complexity index is 401. The van der Waals surface area contributed by atoms with Gasteiger partial charge in [-0.25, -0.2) is 0 Å². The zero-order chi connectivity index (χ0) is 21.6. The number of nitrogens with zero attached hydrogens (tertiary/aromatic N) is 1. The number of quaternary nitrogens is 1. The second kappa shape index (κ2) is 23.1. The molecule has 30 heavy (non-hydrogen) atoms. The summed E-state index contributed by atoms with van der Waals surface area (Å²) >= 11 is 0. The van der Waals surface area contributed by atoms with Crippen LogP contribution in [-0.2, 0) is 4.79 Å². The minimum atomic E-state index is 0. The van der Waals surface area contributed by atoms with Crippen molar-refractivity contribution in [1.29, 1.82) is 0 Å². The van der Waals surface area contributed by atoms with Gasteiger partial charge in [0.1, 0.15) is 6.54 Å². The molecular formula is C25H51ClN2O2. The van der Waals surface area contributed by atoms with Crippen molar-refractivity contribution in [2.24, 2.45) is 0 Å². The quantitative estimate of drug-likeness (QED) is 0.162. The third kappa shape index (κ3) is 23.7. The maximum Gasteiger partial charge on any atom is 0.219 e. The molecule has 2 N–H and O–H groups in total. The molecule has 0 aliphatic heterocycles. The lowest BCUT2D eigenvalue weighted by Crippen LogP contribution is -3.00. The summed E-state index contributed by atoms with van der Waals surface area (Å²) in [6.07, 6.45) is 23.1. The number of hydrogen-bond acceptors (Lipinski definition) is 2. The minimum absolute atomic E-state index is 0. The van der Waals surface area contributed by atoms with Crippen molar-refractivity contribution in [3.8, 4) is 0 Å². The van der Waals surface area contributed by atoms with Crippen LogP contribution in [0.2, 0.25) is 0 Å². The second-order valence-electron chi connectivity index (χ2n) is 9.14. The molecule has 1 amide bonds. The molecule has 0 saturated carbocycles. The number of nitrogens with one attached hydrogen (secondary N) is 1. The monoisotopic (exact) mass is 446 g/mol. The van der Waals surface area contributed by atoms with E-state index in [1.165, 1.54) is 70.6 Å². The molecule has 180 valence electrons. The van der Waals surface area contributed by atoms with Crippen molar-refractivity contribution in [2.45, 2.75) is 103 Å². The van der Waals surface area contributed by atoms with Gasteiger partial charge in [-0.2, -0.15) is 0 Å². The Balaban J connectivity index is 0. The molecule has 4 nitrogen and oxygen atoms in total. The normalized spacial score (nSPS) is 11.6. The molecule has 0 aromatic rings. The molecule has 0 unspecified atom stereocenters. The van der Waals surface area contributed by atoms with Gasteiger partial charge in [0.25, 0.3) is 0 Å². The molecule has 0 rings (SSSR count). The lowest BCUT2D eigenvalue weighted by molar-refractivity contribution is -0.890. The van der Waals surface area contributed by atoms with Crippen LogP contribution in [0, 0.1) is 0 Å². The Kier molecular flexibility index (Phi) is 24.3. The molecule has 0 aliphatic rings. The van der Waals surface area contributed by atoms with Gasteiger partial charge in [-0.15, -0.1) is 0 Å². The average molecular weight is 447 g/mol. The molecule has 5 heteroatoms. The SMILES string of the molecule is CCCCCCCCC=CCCCCCCCC(=O)NCCC[N+](C)(C)CCO.[Cl-]. The first kappa shape index (κ1) is 31.6. The van der Waals surface area contributed by atoms with Crippen molar-refractivity contribution in [3.63, 3.8) is 0 Å². The summed E-state index contributed by atoms with van der Waals surface area (Å²) in [5.74, 6) is 0.190. The van der Waals surface area contributed by atoms with E-state index in [2.05, 4.69) is 38.5 Å². The number of carbonyl (C=O) groups excluding carboxylic acids is 1. The molecule has 0 aliphatic carbocycles. The van der Waals surface area contributed by atoms with Crippen LogP contribution in [0.3, 0.4) is 0 Å². The summed E-state index contributed by atoms with van der Waals surface area (Å²) in [5, 5.41) is 12.0. The van der Waals surface area contributed by atoms with Crippen LogP contribution < -0.4 is 17.7 Å². The lowest BCUT2D eigenvalue weighted by Gasteiger charge is -2.28. The highest BCUT2D eigenvalue weighted by Gasteiger charge is 2.13. The van der Waals surface area contributed by atoms with Gasteiger partial charge in [0, 0.05) is 19.4 Å². The average Bonchev–Trinajstić information content (AvgIpc) is 2.68. The summed E-state index contributed by atoms with van der Waals surface area (Å²) in [6.45, 7) is 4.98. The van der Waals surface area contributed by atoms with Gasteiger partial charge in [0.15, 0.2) is 0 Å². The fourth-order valence-corrected chi connectivity index (χ4v) is 3.56. The van der Waals surface area contributed by atoms with E-state index < -0.39 is 0 Å². The first-order valence-corrected chi connectivity index (χ1v) is 12.4. The lowest BCUT2D eigenvalue weighted by atomic mass is 10.1. The minimum Gasteiger partial charge on any atom is -1.00 e. The molecular weight excluding hydrogens is 396 g/mol. The van der Waals surface area contributed by atoms with Crippen molar-refractivity contribution >= 4 is 5.91 Å². The van der Waals surface area contributed by atoms with Crippen molar-refractivity contribution < 1.29 is 26.8 Å². The van der Waals surface area contributed by atoms with E-state index >= 15 is 0 Å². The Morgan fingerprint density at radius 1 is 0.800 bits per heavy atom. The number of allylic oxidation sites excluding steroid dienone is 2. The van der Waals surface area contributed by atoms with Crippen molar-refractivity contribution in [1.82, 2.24) is 5.32 Å². The predicted molar refractivity (Wildman–Crippen MR) is 126 cm³/mol. The van der Waals surface area contributed by atoms with E-state index in [1.807, 2.05) is 0 Å². The number of amides is 1. The van der Waals surface area contributed by atoms with E-state index in [0.717, 1.165) is 43.4 Å². The summed E-state index contributed by atoms with van der Waals surface area (Å²) in [4.78, 5) is 11.9. The molecule has 0 aromatic carbocycles. The smallest absolute Gasteiger partial charge is 0.219 e. The number of aliphatic hydroxyl groups excluding tert-OH is 1. The standard InChI is InChI=1S/C25H50N2O2.ClH/c1-4-5-6-7-8-9-10-11-12-13-14-15-16-17-18-20-25(29)26-21-19-22-27(2,3)23-24-28;/h11-12,28H,4-10,13-24H2,1-3H3;1H. The first-order valence-electron chi connectivity index (χ1n) is 12.4. The van der Waals surface area contributed by atoms with E-state index in [0.29, 0.717) is 6.42 Å². The van der Waals surface area contributed by atoms with Crippen LogP contribution in [-0.4, -0.2) is 55.8 Å². The molecule has 0 heterocycles. The van der Waals surface area contributed by atoms with Gasteiger partial charge in [0.2, 0.25) is 5.91 Å². The molecule has 0 saturated heterocycles. The Labute approximate surface area is 193 Å². The highest BCUT2D eigenvalue weighted by Crippen LogP contribution is 2.10. The molecule has 0 aromatic heterocycles. The molecule has 0 bridgehead atoms. The van der Waals surface area contributed by atoms with E-state index in [-0.39, 0.29) is 24.9 Å². The van der Waals surface area contributed by atoms with Crippen LogP contribution in [0.5, 0.6) is 0 Å². The highest BCUT2D eigenvalue weighted by atomic mass is 35.5. The van der Waals surface area contributed by atoms with Crippen LogP contribution in [0.15, 0.2) is 12.2 Å². The Morgan fingerprint density at radius 3 is 1.90 bits per heavy atom. The molecule has 0 spiro atoms. The van der Waals surface area contributed by atoms with Gasteiger partial charge >= 0.3 is 0 Å². The fourth-order valence-electron chi connectivity index (χ4n) is 3.56. The third-order valence-corrected chi connectivity index (χ3v) is 5.63. The van der Waals surface area contributed by atoms with Gasteiger partial charge < -0.3 is 27.3 Å². The van der Waals surface area contributed by atoms with E-state index in [1.54, 1.807) is 0 Å². The second-order valence-corrected chi connectivity index (χ2v) is 9.14. The predicted octanol–water partition coefficient (Wildman–Crippen LogP) is 2.60. The molecule has 0 atom stereocenters. The van der Waals surface area contributed by atoms with Crippen molar-refractivity contribution in [2.75, 3.05) is 40.3 Å². The zero-order valence-corrected chi connectivity index (χ0v) is 21.0. The van der Waals surface area contributed by atoms with Crippen molar-refractivity contribution in [3.05, 3.63) is 12.2 Å². The van der Waals surface area contributed by atoms with Crippen LogP contribution in [0.1, 0.15) is 103 Å². The first-order chi connectivity index (χ1) is 14.0. The number of carbonyl (C=O) groups is 1. The van der Waals surface area contributed by atoms with Crippen LogP contribution in [0.25, 0.3) is 0 Å². The van der Waals surface area contributed by atoms with Crippen LogP contribution >= 0.6 is 0 Å². The Hall–Kier alpha value is -0.580. The van der Waals surface area contributed by atoms with Gasteiger partial charge in [0.05, 0.1) is 27.2 Å². The number of unbranched alkanes of at least 4 members (excludes halogenated alkanes) is 11. The number of halogens is 1. The summed E-state index contributed by atoms with van der Waals surface area (Å²) in [5.41, 5.74) is 0. The number of aliphatic hydroxyl groups is 1. The maximum absolute atomic E-state index is 11.9.